The summed E-state index contributed by atoms with van der Waals surface area (Å²) >= 11 is 0. The first-order valence-corrected chi connectivity index (χ1v) is 6.88. The number of anilines is 1. The highest BCUT2D eigenvalue weighted by Gasteiger charge is 2.26. The second-order valence-electron chi connectivity index (χ2n) is 4.63. The molecule has 112 valence electrons. The Balaban J connectivity index is 1.75. The molecule has 21 heavy (non-hydrogen) atoms. The number of ether oxygens (including phenoxy) is 2. The molecule has 3 heterocycles. The second-order valence-corrected chi connectivity index (χ2v) is 4.63. The Morgan fingerprint density at radius 1 is 1.38 bits per heavy atom. The maximum absolute atomic E-state index is 5.70. The summed E-state index contributed by atoms with van der Waals surface area (Å²) in [7, 11) is 0. The third-order valence-electron chi connectivity index (χ3n) is 3.11. The zero-order valence-electron chi connectivity index (χ0n) is 12.0. The molecule has 0 aliphatic carbocycles. The summed E-state index contributed by atoms with van der Waals surface area (Å²) in [5, 5.41) is 3.92. The van der Waals surface area contributed by atoms with E-state index in [9.17, 15) is 0 Å². The standard InChI is InChI=1S/C13H17N5O3/c1-3-19-12-7-14-6-11(16-12)18-4-5-20-10(8-18)13-15-9(2)21-17-13/h6-7,10H,3-5,8H2,1-2H3/t10-/m0/s1. The number of aromatic nitrogens is 4. The molecule has 0 saturated carbocycles. The average Bonchev–Trinajstić information content (AvgIpc) is 2.95. The van der Waals surface area contributed by atoms with Crippen molar-refractivity contribution in [2.24, 2.45) is 0 Å². The molecular weight excluding hydrogens is 274 g/mol. The van der Waals surface area contributed by atoms with Gasteiger partial charge in [-0.15, -0.1) is 0 Å². The van der Waals surface area contributed by atoms with Gasteiger partial charge in [0.25, 0.3) is 0 Å². The summed E-state index contributed by atoms with van der Waals surface area (Å²) in [5.41, 5.74) is 0. The summed E-state index contributed by atoms with van der Waals surface area (Å²) in [6, 6.07) is 0. The van der Waals surface area contributed by atoms with Gasteiger partial charge in [-0.2, -0.15) is 9.97 Å². The third kappa shape index (κ3) is 3.10. The van der Waals surface area contributed by atoms with Gasteiger partial charge in [-0.05, 0) is 6.92 Å². The van der Waals surface area contributed by atoms with Crippen LogP contribution in [-0.2, 0) is 4.74 Å². The molecule has 1 atom stereocenters. The SMILES string of the molecule is CCOc1cncc(N2CCO[C@H](c3noc(C)n3)C2)n1. The first kappa shape index (κ1) is 13.7. The highest BCUT2D eigenvalue weighted by molar-refractivity contribution is 5.38. The van der Waals surface area contributed by atoms with Crippen LogP contribution in [0.15, 0.2) is 16.9 Å². The van der Waals surface area contributed by atoms with Crippen LogP contribution in [0.3, 0.4) is 0 Å². The number of hydrogen-bond acceptors (Lipinski definition) is 8. The van der Waals surface area contributed by atoms with Crippen LogP contribution < -0.4 is 9.64 Å². The van der Waals surface area contributed by atoms with Crippen molar-refractivity contribution in [2.75, 3.05) is 31.2 Å². The van der Waals surface area contributed by atoms with E-state index < -0.39 is 0 Å². The van der Waals surface area contributed by atoms with Crippen LogP contribution in [0.1, 0.15) is 24.7 Å². The van der Waals surface area contributed by atoms with Crippen molar-refractivity contribution in [2.45, 2.75) is 20.0 Å². The molecule has 0 amide bonds. The highest BCUT2D eigenvalue weighted by Crippen LogP contribution is 2.23. The Morgan fingerprint density at radius 2 is 2.29 bits per heavy atom. The van der Waals surface area contributed by atoms with E-state index >= 15 is 0 Å². The maximum atomic E-state index is 5.70. The van der Waals surface area contributed by atoms with Crippen LogP contribution >= 0.6 is 0 Å². The first-order chi connectivity index (χ1) is 10.3. The predicted molar refractivity (Wildman–Crippen MR) is 73.1 cm³/mol. The molecular formula is C13H17N5O3. The van der Waals surface area contributed by atoms with E-state index in [1.807, 2.05) is 6.92 Å². The average molecular weight is 291 g/mol. The molecule has 3 rings (SSSR count). The molecule has 8 heteroatoms. The molecule has 8 nitrogen and oxygen atoms in total. The van der Waals surface area contributed by atoms with E-state index in [1.54, 1.807) is 19.3 Å². The lowest BCUT2D eigenvalue weighted by Crippen LogP contribution is -2.39. The van der Waals surface area contributed by atoms with Crippen molar-refractivity contribution in [3.05, 3.63) is 24.1 Å². The topological polar surface area (TPSA) is 86.4 Å². The summed E-state index contributed by atoms with van der Waals surface area (Å²) in [6.07, 6.45) is 3.09. The fourth-order valence-corrected chi connectivity index (χ4v) is 2.17. The van der Waals surface area contributed by atoms with Crippen LogP contribution in [0.25, 0.3) is 0 Å². The van der Waals surface area contributed by atoms with Gasteiger partial charge in [0.15, 0.2) is 5.82 Å². The van der Waals surface area contributed by atoms with Gasteiger partial charge < -0.3 is 18.9 Å². The van der Waals surface area contributed by atoms with Gasteiger partial charge in [-0.3, -0.25) is 4.98 Å². The Kier molecular flexibility index (Phi) is 3.96. The van der Waals surface area contributed by atoms with Crippen LogP contribution in [-0.4, -0.2) is 46.4 Å². The molecule has 0 bridgehead atoms. The minimum atomic E-state index is -0.228. The van der Waals surface area contributed by atoms with E-state index in [2.05, 4.69) is 25.0 Å². The lowest BCUT2D eigenvalue weighted by molar-refractivity contribution is 0.0323. The van der Waals surface area contributed by atoms with Crippen molar-refractivity contribution < 1.29 is 14.0 Å². The van der Waals surface area contributed by atoms with Crippen LogP contribution in [0.5, 0.6) is 5.88 Å². The summed E-state index contributed by atoms with van der Waals surface area (Å²) in [4.78, 5) is 14.9. The molecule has 0 N–H and O–H groups in total. The van der Waals surface area contributed by atoms with E-state index in [4.69, 9.17) is 14.0 Å². The second kappa shape index (κ2) is 6.04. The smallest absolute Gasteiger partial charge is 0.234 e. The van der Waals surface area contributed by atoms with Crippen molar-refractivity contribution in [1.82, 2.24) is 20.1 Å². The zero-order valence-corrected chi connectivity index (χ0v) is 12.0. The summed E-state index contributed by atoms with van der Waals surface area (Å²) in [6.45, 7) is 6.14. The van der Waals surface area contributed by atoms with Gasteiger partial charge in [0.2, 0.25) is 17.6 Å². The fourth-order valence-electron chi connectivity index (χ4n) is 2.17. The Morgan fingerprint density at radius 3 is 3.05 bits per heavy atom. The molecule has 1 aliphatic heterocycles. The largest absolute Gasteiger partial charge is 0.477 e. The summed E-state index contributed by atoms with van der Waals surface area (Å²) in [5.74, 6) is 2.37. The molecule has 0 spiro atoms. The molecule has 0 radical (unpaired) electrons. The molecule has 1 saturated heterocycles. The quantitative estimate of drug-likeness (QED) is 0.829. The van der Waals surface area contributed by atoms with E-state index in [0.717, 1.165) is 12.4 Å². The molecule has 1 aliphatic rings. The van der Waals surface area contributed by atoms with Crippen LogP contribution in [0, 0.1) is 6.92 Å². The monoisotopic (exact) mass is 291 g/mol. The van der Waals surface area contributed by atoms with Crippen LogP contribution in [0.4, 0.5) is 5.82 Å². The Hall–Kier alpha value is -2.22. The van der Waals surface area contributed by atoms with E-state index in [0.29, 0.717) is 37.4 Å². The number of aryl methyl sites for hydroxylation is 1. The minimum absolute atomic E-state index is 0.228. The van der Waals surface area contributed by atoms with Gasteiger partial charge >= 0.3 is 0 Å². The number of nitrogens with zero attached hydrogens (tertiary/aromatic N) is 5. The summed E-state index contributed by atoms with van der Waals surface area (Å²) < 4.78 is 16.1. The fraction of sp³-hybridized carbons (Fsp3) is 0.538. The van der Waals surface area contributed by atoms with Crippen molar-refractivity contribution in [3.63, 3.8) is 0 Å². The first-order valence-electron chi connectivity index (χ1n) is 6.88. The lowest BCUT2D eigenvalue weighted by atomic mass is 10.2. The zero-order chi connectivity index (χ0) is 14.7. The molecule has 2 aromatic rings. The van der Waals surface area contributed by atoms with Crippen molar-refractivity contribution in [3.8, 4) is 5.88 Å². The number of rotatable bonds is 4. The van der Waals surface area contributed by atoms with Gasteiger partial charge in [-0.25, -0.2) is 0 Å². The molecule has 0 unspecified atom stereocenters. The predicted octanol–water partition coefficient (Wildman–Crippen LogP) is 1.14. The van der Waals surface area contributed by atoms with Crippen molar-refractivity contribution in [1.29, 1.82) is 0 Å². The van der Waals surface area contributed by atoms with Crippen LogP contribution in [0.2, 0.25) is 0 Å². The van der Waals surface area contributed by atoms with Gasteiger partial charge in [0.1, 0.15) is 6.10 Å². The van der Waals surface area contributed by atoms with Crippen molar-refractivity contribution >= 4 is 5.82 Å². The maximum Gasteiger partial charge on any atom is 0.234 e. The van der Waals surface area contributed by atoms with E-state index in [-0.39, 0.29) is 6.10 Å². The number of hydrogen-bond donors (Lipinski definition) is 0. The van der Waals surface area contributed by atoms with E-state index in [1.165, 1.54) is 0 Å². The normalized spacial score (nSPS) is 18.8. The Labute approximate surface area is 122 Å². The van der Waals surface area contributed by atoms with Gasteiger partial charge in [0.05, 0.1) is 32.2 Å². The minimum Gasteiger partial charge on any atom is -0.477 e. The number of morpholine rings is 1. The third-order valence-corrected chi connectivity index (χ3v) is 3.11. The Bertz CT molecular complexity index is 603. The molecule has 1 fully saturated rings. The molecule has 0 aromatic carbocycles. The van der Waals surface area contributed by atoms with Gasteiger partial charge in [-0.1, -0.05) is 5.16 Å². The lowest BCUT2D eigenvalue weighted by Gasteiger charge is -2.32. The highest BCUT2D eigenvalue weighted by atomic mass is 16.5. The molecule has 2 aromatic heterocycles. The van der Waals surface area contributed by atoms with Gasteiger partial charge in [0, 0.05) is 13.5 Å².